The van der Waals surface area contributed by atoms with Gasteiger partial charge < -0.3 is 5.73 Å². The Balaban J connectivity index is 2.33. The van der Waals surface area contributed by atoms with E-state index in [-0.39, 0.29) is 0 Å². The zero-order valence-corrected chi connectivity index (χ0v) is 13.0. The van der Waals surface area contributed by atoms with Crippen molar-refractivity contribution in [2.75, 3.05) is 0 Å². The smallest absolute Gasteiger partial charge is 0.0314 e. The molecule has 0 aromatic heterocycles. The molecule has 0 saturated carbocycles. The first-order valence-electron chi connectivity index (χ1n) is 5.11. The third kappa shape index (κ3) is 3.35. The van der Waals surface area contributed by atoms with Crippen molar-refractivity contribution in [2.45, 2.75) is 16.3 Å². The molecule has 0 unspecified atom stereocenters. The predicted octanol–water partition coefficient (Wildman–Crippen LogP) is 4.82. The molecule has 0 amide bonds. The van der Waals surface area contributed by atoms with Crippen molar-refractivity contribution in [3.63, 3.8) is 0 Å². The molecule has 0 aliphatic heterocycles. The van der Waals surface area contributed by atoms with Gasteiger partial charge in [0.1, 0.15) is 0 Å². The molecule has 1 nitrogen and oxygen atoms in total. The third-order valence-corrected chi connectivity index (χ3v) is 4.94. The predicted molar refractivity (Wildman–Crippen MR) is 80.3 cm³/mol. The first-order chi connectivity index (χ1) is 8.20. The summed E-state index contributed by atoms with van der Waals surface area (Å²) in [6, 6.07) is 14.4. The van der Waals surface area contributed by atoms with Crippen molar-refractivity contribution in [2.24, 2.45) is 5.73 Å². The van der Waals surface area contributed by atoms with E-state index in [9.17, 15) is 0 Å². The summed E-state index contributed by atoms with van der Waals surface area (Å²) in [5.74, 6) is 0. The Morgan fingerprint density at radius 3 is 2.47 bits per heavy atom. The average Bonchev–Trinajstić information content (AvgIpc) is 2.34. The van der Waals surface area contributed by atoms with Crippen LogP contribution in [0.3, 0.4) is 0 Å². The van der Waals surface area contributed by atoms with Crippen molar-refractivity contribution < 1.29 is 0 Å². The topological polar surface area (TPSA) is 26.0 Å². The summed E-state index contributed by atoms with van der Waals surface area (Å²) in [7, 11) is 0. The number of hydrogen-bond donors (Lipinski definition) is 1. The zero-order chi connectivity index (χ0) is 12.3. The second kappa shape index (κ2) is 6.05. The summed E-state index contributed by atoms with van der Waals surface area (Å²) >= 11 is 8.74. The molecule has 0 aliphatic rings. The van der Waals surface area contributed by atoms with Crippen LogP contribution < -0.4 is 5.73 Å². The van der Waals surface area contributed by atoms with Gasteiger partial charge >= 0.3 is 0 Å². The summed E-state index contributed by atoms with van der Waals surface area (Å²) in [5.41, 5.74) is 6.92. The minimum Gasteiger partial charge on any atom is -0.326 e. The van der Waals surface area contributed by atoms with E-state index in [1.807, 2.05) is 24.3 Å². The molecule has 0 fully saturated rings. The van der Waals surface area contributed by atoms with Crippen LogP contribution in [0, 0.1) is 0 Å². The van der Waals surface area contributed by atoms with Gasteiger partial charge in [0.15, 0.2) is 0 Å². The maximum Gasteiger partial charge on any atom is 0.0314 e. The molecule has 0 atom stereocenters. The van der Waals surface area contributed by atoms with Crippen LogP contribution in [0.2, 0.25) is 0 Å². The Bertz CT molecular complexity index is 529. The van der Waals surface area contributed by atoms with Gasteiger partial charge in [-0.25, -0.2) is 0 Å². The maximum absolute atomic E-state index is 5.77. The van der Waals surface area contributed by atoms with Crippen LogP contribution in [0.15, 0.2) is 61.2 Å². The lowest BCUT2D eigenvalue weighted by Crippen LogP contribution is -1.98. The van der Waals surface area contributed by atoms with Crippen LogP contribution in [0.4, 0.5) is 0 Å². The van der Waals surface area contributed by atoms with E-state index in [1.165, 1.54) is 9.79 Å². The highest BCUT2D eigenvalue weighted by Crippen LogP contribution is 2.35. The minimum atomic E-state index is 0.548. The lowest BCUT2D eigenvalue weighted by Gasteiger charge is -2.09. The molecule has 0 heterocycles. The summed E-state index contributed by atoms with van der Waals surface area (Å²) in [4.78, 5) is 2.40. The van der Waals surface area contributed by atoms with Gasteiger partial charge in [-0.05, 0) is 51.8 Å². The molecule has 4 heteroatoms. The Labute approximate surface area is 122 Å². The van der Waals surface area contributed by atoms with Gasteiger partial charge in [-0.3, -0.25) is 0 Å². The quantitative estimate of drug-likeness (QED) is 0.835. The molecule has 2 aromatic rings. The Morgan fingerprint density at radius 2 is 1.76 bits per heavy atom. The summed E-state index contributed by atoms with van der Waals surface area (Å²) < 4.78 is 2.17. The third-order valence-electron chi connectivity index (χ3n) is 2.30. The number of hydrogen-bond acceptors (Lipinski definition) is 2. The Kier molecular flexibility index (Phi) is 4.68. The SMILES string of the molecule is NCc1cc(Br)ccc1Sc1ccccc1Br. The molecule has 0 spiro atoms. The molecule has 0 bridgehead atoms. The van der Waals surface area contributed by atoms with Gasteiger partial charge in [-0.2, -0.15) is 0 Å². The van der Waals surface area contributed by atoms with Gasteiger partial charge in [0.05, 0.1) is 0 Å². The normalized spacial score (nSPS) is 10.5. The first kappa shape index (κ1) is 13.1. The van der Waals surface area contributed by atoms with Gasteiger partial charge in [-0.15, -0.1) is 0 Å². The number of nitrogens with two attached hydrogens (primary N) is 1. The van der Waals surface area contributed by atoms with Crippen LogP contribution in [0.5, 0.6) is 0 Å². The molecule has 0 saturated heterocycles. The van der Waals surface area contributed by atoms with E-state index in [4.69, 9.17) is 5.73 Å². The molecule has 17 heavy (non-hydrogen) atoms. The minimum absolute atomic E-state index is 0.548. The van der Waals surface area contributed by atoms with Crippen molar-refractivity contribution in [3.05, 3.63) is 57.0 Å². The monoisotopic (exact) mass is 371 g/mol. The largest absolute Gasteiger partial charge is 0.326 e. The summed E-state index contributed by atoms with van der Waals surface area (Å²) in [5, 5.41) is 0. The summed E-state index contributed by atoms with van der Waals surface area (Å²) in [6.07, 6.45) is 0. The zero-order valence-electron chi connectivity index (χ0n) is 8.99. The average molecular weight is 373 g/mol. The van der Waals surface area contributed by atoms with Gasteiger partial charge in [0, 0.05) is 25.3 Å². The van der Waals surface area contributed by atoms with Crippen LogP contribution >= 0.6 is 43.6 Å². The van der Waals surface area contributed by atoms with Crippen LogP contribution in [-0.4, -0.2) is 0 Å². The molecule has 0 radical (unpaired) electrons. The highest BCUT2D eigenvalue weighted by molar-refractivity contribution is 9.10. The van der Waals surface area contributed by atoms with Crippen molar-refractivity contribution >= 4 is 43.6 Å². The van der Waals surface area contributed by atoms with E-state index in [2.05, 4.69) is 50.1 Å². The fraction of sp³-hybridized carbons (Fsp3) is 0.0769. The van der Waals surface area contributed by atoms with Crippen LogP contribution in [0.25, 0.3) is 0 Å². The second-order valence-electron chi connectivity index (χ2n) is 3.49. The van der Waals surface area contributed by atoms with E-state index in [1.54, 1.807) is 11.8 Å². The number of rotatable bonds is 3. The van der Waals surface area contributed by atoms with Gasteiger partial charge in [-0.1, -0.05) is 39.8 Å². The summed E-state index contributed by atoms with van der Waals surface area (Å²) in [6.45, 7) is 0.548. The van der Waals surface area contributed by atoms with Crippen molar-refractivity contribution in [1.82, 2.24) is 0 Å². The molecular weight excluding hydrogens is 362 g/mol. The van der Waals surface area contributed by atoms with Gasteiger partial charge in [0.2, 0.25) is 0 Å². The highest BCUT2D eigenvalue weighted by atomic mass is 79.9. The Morgan fingerprint density at radius 1 is 1.00 bits per heavy atom. The van der Waals surface area contributed by atoms with Crippen molar-refractivity contribution in [3.8, 4) is 0 Å². The van der Waals surface area contributed by atoms with E-state index in [0.29, 0.717) is 6.54 Å². The maximum atomic E-state index is 5.77. The second-order valence-corrected chi connectivity index (χ2v) is 6.34. The van der Waals surface area contributed by atoms with E-state index < -0.39 is 0 Å². The fourth-order valence-electron chi connectivity index (χ4n) is 1.45. The van der Waals surface area contributed by atoms with Crippen LogP contribution in [0.1, 0.15) is 5.56 Å². The van der Waals surface area contributed by atoms with Gasteiger partial charge in [0.25, 0.3) is 0 Å². The molecular formula is C13H11Br2NS. The van der Waals surface area contributed by atoms with Crippen LogP contribution in [-0.2, 0) is 6.54 Å². The molecule has 2 N–H and O–H groups in total. The molecule has 2 rings (SSSR count). The number of benzene rings is 2. The lowest BCUT2D eigenvalue weighted by atomic mass is 10.2. The standard InChI is InChI=1S/C13H11Br2NS/c14-10-5-6-12(9(7-10)8-16)17-13-4-2-1-3-11(13)15/h1-7H,8,16H2. The first-order valence-corrected chi connectivity index (χ1v) is 7.52. The van der Waals surface area contributed by atoms with Crippen molar-refractivity contribution in [1.29, 1.82) is 0 Å². The molecule has 88 valence electrons. The molecule has 0 aliphatic carbocycles. The van der Waals surface area contributed by atoms with E-state index >= 15 is 0 Å². The highest BCUT2D eigenvalue weighted by Gasteiger charge is 2.06. The number of halogens is 2. The lowest BCUT2D eigenvalue weighted by molar-refractivity contribution is 1.02. The fourth-order valence-corrected chi connectivity index (χ4v) is 3.35. The Hall–Kier alpha value is -0.290. The molecule has 2 aromatic carbocycles. The van der Waals surface area contributed by atoms with E-state index in [0.717, 1.165) is 14.5 Å².